The van der Waals surface area contributed by atoms with Crippen molar-refractivity contribution in [2.45, 2.75) is 70.6 Å². The fourth-order valence-electron chi connectivity index (χ4n) is 4.09. The predicted molar refractivity (Wildman–Crippen MR) is 118 cm³/mol. The number of allylic oxidation sites excluding steroid dienone is 6. The molecule has 1 aliphatic carbocycles. The molecule has 1 fully saturated rings. The summed E-state index contributed by atoms with van der Waals surface area (Å²) in [6.45, 7) is 2.21. The van der Waals surface area contributed by atoms with Crippen LogP contribution >= 0.6 is 0 Å². The van der Waals surface area contributed by atoms with E-state index < -0.39 is 11.9 Å². The molecule has 0 saturated heterocycles. The lowest BCUT2D eigenvalue weighted by molar-refractivity contribution is -0.138. The molecule has 2 nitrogen and oxygen atoms in total. The Bertz CT molecular complexity index is 642. The van der Waals surface area contributed by atoms with Crippen LogP contribution < -0.4 is 0 Å². The zero-order valence-corrected chi connectivity index (χ0v) is 17.3. The van der Waals surface area contributed by atoms with E-state index in [9.17, 15) is 9.90 Å². The van der Waals surface area contributed by atoms with E-state index in [1.165, 1.54) is 32.1 Å². The van der Waals surface area contributed by atoms with Gasteiger partial charge in [-0.2, -0.15) is 0 Å². The second kappa shape index (κ2) is 13.1. The highest BCUT2D eigenvalue weighted by Gasteiger charge is 2.23. The minimum atomic E-state index is -0.728. The van der Waals surface area contributed by atoms with Gasteiger partial charge in [-0.3, -0.25) is 4.79 Å². The Hall–Kier alpha value is -2.09. The molecular weight excluding hydrogens is 344 g/mol. The third kappa shape index (κ3) is 7.88. The van der Waals surface area contributed by atoms with Crippen LogP contribution in [0.5, 0.6) is 0 Å². The lowest BCUT2D eigenvalue weighted by atomic mass is 9.91. The molecule has 0 aromatic heterocycles. The molecule has 1 aromatic carbocycles. The van der Waals surface area contributed by atoms with E-state index in [1.54, 1.807) is 0 Å². The van der Waals surface area contributed by atoms with Gasteiger partial charge in [0.2, 0.25) is 0 Å². The van der Waals surface area contributed by atoms with Crippen molar-refractivity contribution in [3.8, 4) is 0 Å². The van der Waals surface area contributed by atoms with Crippen LogP contribution in [-0.2, 0) is 4.79 Å². The van der Waals surface area contributed by atoms with E-state index in [1.807, 2.05) is 30.3 Å². The number of rotatable bonds is 12. The second-order valence-corrected chi connectivity index (χ2v) is 7.86. The molecular formula is C26H36O2. The molecule has 3 atom stereocenters. The van der Waals surface area contributed by atoms with Gasteiger partial charge in [-0.15, -0.1) is 0 Å². The Kier molecular flexibility index (Phi) is 10.4. The number of benzene rings is 1. The van der Waals surface area contributed by atoms with E-state index >= 15 is 0 Å². The molecule has 1 saturated carbocycles. The number of carboxylic acid groups (broad SMARTS) is 1. The van der Waals surface area contributed by atoms with Crippen LogP contribution in [-0.4, -0.2) is 11.1 Å². The number of unbranched alkanes of at least 4 members (excludes halogenated alkanes) is 1. The topological polar surface area (TPSA) is 37.3 Å². The Morgan fingerprint density at radius 2 is 1.86 bits per heavy atom. The van der Waals surface area contributed by atoms with Crippen molar-refractivity contribution in [2.75, 3.05) is 0 Å². The molecule has 28 heavy (non-hydrogen) atoms. The van der Waals surface area contributed by atoms with E-state index in [4.69, 9.17) is 0 Å². The van der Waals surface area contributed by atoms with Crippen molar-refractivity contribution < 1.29 is 9.90 Å². The Morgan fingerprint density at radius 1 is 1.07 bits per heavy atom. The van der Waals surface area contributed by atoms with Crippen LogP contribution in [0.3, 0.4) is 0 Å². The monoisotopic (exact) mass is 380 g/mol. The minimum Gasteiger partial charge on any atom is -0.481 e. The summed E-state index contributed by atoms with van der Waals surface area (Å²) in [4.78, 5) is 11.6. The zero-order valence-electron chi connectivity index (χ0n) is 17.3. The van der Waals surface area contributed by atoms with Gasteiger partial charge in [0.05, 0.1) is 5.92 Å². The highest BCUT2D eigenvalue weighted by atomic mass is 16.4. The smallest absolute Gasteiger partial charge is 0.310 e. The summed E-state index contributed by atoms with van der Waals surface area (Å²) >= 11 is 0. The van der Waals surface area contributed by atoms with Crippen LogP contribution in [0, 0.1) is 11.8 Å². The lowest BCUT2D eigenvalue weighted by Gasteiger charge is -2.14. The van der Waals surface area contributed by atoms with Crippen LogP contribution in [0.15, 0.2) is 66.8 Å². The first-order valence-electron chi connectivity index (χ1n) is 11.0. The normalized spacial score (nSPS) is 21.2. The molecule has 1 unspecified atom stereocenters. The molecule has 0 bridgehead atoms. The molecule has 0 spiro atoms. The summed E-state index contributed by atoms with van der Waals surface area (Å²) in [5, 5.41) is 9.50. The maximum atomic E-state index is 11.6. The number of hydrogen-bond donors (Lipinski definition) is 1. The van der Waals surface area contributed by atoms with Gasteiger partial charge in [-0.05, 0) is 62.3 Å². The summed E-state index contributed by atoms with van der Waals surface area (Å²) in [6, 6.07) is 9.57. The average molecular weight is 381 g/mol. The Morgan fingerprint density at radius 3 is 2.61 bits per heavy atom. The van der Waals surface area contributed by atoms with Gasteiger partial charge in [0.1, 0.15) is 0 Å². The fraction of sp³-hybridized carbons (Fsp3) is 0.500. The maximum Gasteiger partial charge on any atom is 0.310 e. The number of carboxylic acids is 1. The van der Waals surface area contributed by atoms with Gasteiger partial charge in [0, 0.05) is 0 Å². The predicted octanol–water partition coefficient (Wildman–Crippen LogP) is 7.30. The molecule has 152 valence electrons. The zero-order chi connectivity index (χ0) is 20.0. The van der Waals surface area contributed by atoms with Crippen molar-refractivity contribution in [1.29, 1.82) is 0 Å². The first kappa shape index (κ1) is 22.2. The van der Waals surface area contributed by atoms with Crippen LogP contribution in [0.1, 0.15) is 76.2 Å². The largest absolute Gasteiger partial charge is 0.481 e. The van der Waals surface area contributed by atoms with Crippen molar-refractivity contribution >= 4 is 5.97 Å². The van der Waals surface area contributed by atoms with Gasteiger partial charge >= 0.3 is 5.97 Å². The van der Waals surface area contributed by atoms with E-state index in [0.717, 1.165) is 30.7 Å². The van der Waals surface area contributed by atoms with Crippen LogP contribution in [0.25, 0.3) is 0 Å². The van der Waals surface area contributed by atoms with E-state index in [0.29, 0.717) is 12.3 Å². The first-order chi connectivity index (χ1) is 13.7. The highest BCUT2D eigenvalue weighted by Crippen LogP contribution is 2.35. The fourth-order valence-corrected chi connectivity index (χ4v) is 4.09. The molecule has 1 aliphatic rings. The van der Waals surface area contributed by atoms with Gasteiger partial charge in [0.25, 0.3) is 0 Å². The van der Waals surface area contributed by atoms with Crippen LogP contribution in [0.2, 0.25) is 0 Å². The summed E-state index contributed by atoms with van der Waals surface area (Å²) < 4.78 is 0. The molecule has 0 heterocycles. The van der Waals surface area contributed by atoms with E-state index in [2.05, 4.69) is 43.4 Å². The summed E-state index contributed by atoms with van der Waals surface area (Å²) in [5.74, 6) is 0.319. The maximum absolute atomic E-state index is 11.6. The second-order valence-electron chi connectivity index (χ2n) is 7.86. The van der Waals surface area contributed by atoms with Gasteiger partial charge in [0.15, 0.2) is 0 Å². The number of hydrogen-bond acceptors (Lipinski definition) is 1. The van der Waals surface area contributed by atoms with E-state index in [-0.39, 0.29) is 0 Å². The molecule has 2 rings (SSSR count). The average Bonchev–Trinajstić information content (AvgIpc) is 3.15. The standard InChI is InChI=1S/C26H36O2/c1-2-3-4-5-6-9-15-22-19-14-20-23(22)16-10-8-13-21-25(26(27)28)24-17-11-7-12-18-24/h4-5,7-12,15,17-18,22-23,25H,2-3,6,13-14,16,19-21H2,1H3,(H,27,28)/t22-,23-,25?/m0/s1. The molecule has 0 amide bonds. The van der Waals surface area contributed by atoms with Crippen molar-refractivity contribution in [3.63, 3.8) is 0 Å². The number of aliphatic carboxylic acids is 1. The molecule has 1 aromatic rings. The molecule has 0 radical (unpaired) electrons. The van der Waals surface area contributed by atoms with Gasteiger partial charge in [-0.25, -0.2) is 0 Å². The summed E-state index contributed by atoms with van der Waals surface area (Å²) in [6.07, 6.45) is 23.8. The lowest BCUT2D eigenvalue weighted by Crippen LogP contribution is -2.11. The summed E-state index contributed by atoms with van der Waals surface area (Å²) in [7, 11) is 0. The number of carbonyl (C=O) groups is 1. The Labute approximate surface area is 171 Å². The first-order valence-corrected chi connectivity index (χ1v) is 11.0. The SMILES string of the molecule is CCCC=CCC=C[C@H]1CCC[C@@H]1CC=CCCC(C(=O)O)c1ccccc1. The minimum absolute atomic E-state index is 0.409. The van der Waals surface area contributed by atoms with Crippen molar-refractivity contribution in [1.82, 2.24) is 0 Å². The molecule has 1 N–H and O–H groups in total. The quantitative estimate of drug-likeness (QED) is 0.386. The third-order valence-electron chi connectivity index (χ3n) is 5.72. The van der Waals surface area contributed by atoms with Crippen LogP contribution in [0.4, 0.5) is 0 Å². The molecule has 2 heteroatoms. The Balaban J connectivity index is 1.73. The highest BCUT2D eigenvalue weighted by molar-refractivity contribution is 5.76. The van der Waals surface area contributed by atoms with Crippen molar-refractivity contribution in [2.24, 2.45) is 11.8 Å². The summed E-state index contributed by atoms with van der Waals surface area (Å²) in [5.41, 5.74) is 0.900. The van der Waals surface area contributed by atoms with Gasteiger partial charge in [-0.1, -0.05) is 86.6 Å². The third-order valence-corrected chi connectivity index (χ3v) is 5.72. The van der Waals surface area contributed by atoms with Crippen molar-refractivity contribution in [3.05, 3.63) is 72.4 Å². The molecule has 0 aliphatic heterocycles. The van der Waals surface area contributed by atoms with Gasteiger partial charge < -0.3 is 5.11 Å².